The summed E-state index contributed by atoms with van der Waals surface area (Å²) in [7, 11) is 0. The molecule has 3 aromatic rings. The highest BCUT2D eigenvalue weighted by Crippen LogP contribution is 2.32. The van der Waals surface area contributed by atoms with Crippen LogP contribution in [0.4, 0.5) is 0 Å². The molecule has 1 saturated heterocycles. The second-order valence-corrected chi connectivity index (χ2v) is 7.71. The highest BCUT2D eigenvalue weighted by atomic mass is 35.5. The second-order valence-electron chi connectivity index (χ2n) is 7.71. The predicted octanol–water partition coefficient (Wildman–Crippen LogP) is 4.92. The number of hydrogen-bond acceptors (Lipinski definition) is 4. The van der Waals surface area contributed by atoms with Gasteiger partial charge < -0.3 is 9.64 Å². The lowest BCUT2D eigenvalue weighted by molar-refractivity contribution is -0.134. The summed E-state index contributed by atoms with van der Waals surface area (Å²) in [5, 5.41) is 1.11. The largest absolute Gasteiger partial charge is 0.489 e. The Morgan fingerprint density at radius 2 is 1.70 bits per heavy atom. The molecule has 0 unspecified atom stereocenters. The zero-order chi connectivity index (χ0) is 18.9. The minimum Gasteiger partial charge on any atom is -0.489 e. The summed E-state index contributed by atoms with van der Waals surface area (Å²) >= 11 is 0. The fourth-order valence-corrected chi connectivity index (χ4v) is 3.81. The predicted molar refractivity (Wildman–Crippen MR) is 122 cm³/mol. The van der Waals surface area contributed by atoms with Crippen molar-refractivity contribution in [3.63, 3.8) is 0 Å². The Morgan fingerprint density at radius 1 is 0.933 bits per heavy atom. The topological polar surface area (TPSA) is 55.3 Å². The van der Waals surface area contributed by atoms with Crippen molar-refractivity contribution >= 4 is 41.6 Å². The molecule has 5 rings (SSSR count). The third-order valence-electron chi connectivity index (χ3n) is 5.61. The fourth-order valence-electron chi connectivity index (χ4n) is 3.81. The summed E-state index contributed by atoms with van der Waals surface area (Å²) in [4.78, 5) is 23.2. The Balaban J connectivity index is 0.00000128. The lowest BCUT2D eigenvalue weighted by Gasteiger charge is -2.32. The first-order chi connectivity index (χ1) is 13.8. The molecule has 7 heteroatoms. The van der Waals surface area contributed by atoms with E-state index < -0.39 is 0 Å². The summed E-state index contributed by atoms with van der Waals surface area (Å²) in [5.41, 5.74) is 2.87. The molecule has 2 aliphatic rings. The van der Waals surface area contributed by atoms with Gasteiger partial charge in [0, 0.05) is 49.0 Å². The lowest BCUT2D eigenvalue weighted by atomic mass is 10.1. The second kappa shape index (κ2) is 9.63. The van der Waals surface area contributed by atoms with Gasteiger partial charge in [0.25, 0.3) is 0 Å². The Labute approximate surface area is 188 Å². The minimum atomic E-state index is 0. The van der Waals surface area contributed by atoms with Crippen LogP contribution < -0.4 is 4.74 Å². The van der Waals surface area contributed by atoms with E-state index >= 15 is 0 Å². The molecular weight excluding hydrogens is 421 g/mol. The van der Waals surface area contributed by atoms with Crippen LogP contribution >= 0.6 is 24.8 Å². The number of rotatable bonds is 4. The number of piperidine rings is 1. The standard InChI is InChI=1S/C23H23N3O2.2ClH/c27-23(16-5-6-16)26-11-9-19(10-12-26)28-20-7-8-22(25-15-20)18-13-17-3-1-2-4-21(17)24-14-18;;/h1-4,7-8,13-16,19H,5-6,9-12H2;2*1H. The molecule has 1 aliphatic heterocycles. The van der Waals surface area contributed by atoms with Crippen LogP contribution in [-0.2, 0) is 4.79 Å². The Bertz CT molecular complexity index is 1000. The number of halogens is 2. The maximum Gasteiger partial charge on any atom is 0.225 e. The average Bonchev–Trinajstić information content (AvgIpc) is 3.59. The van der Waals surface area contributed by atoms with Gasteiger partial charge in [-0.15, -0.1) is 24.8 Å². The Morgan fingerprint density at radius 3 is 2.40 bits per heavy atom. The van der Waals surface area contributed by atoms with Crippen molar-refractivity contribution in [1.82, 2.24) is 14.9 Å². The van der Waals surface area contributed by atoms with Gasteiger partial charge in [0.1, 0.15) is 11.9 Å². The lowest BCUT2D eigenvalue weighted by Crippen LogP contribution is -2.42. The van der Waals surface area contributed by atoms with Gasteiger partial charge in [-0.05, 0) is 37.1 Å². The molecule has 2 fully saturated rings. The van der Waals surface area contributed by atoms with E-state index in [1.54, 1.807) is 6.20 Å². The Kier molecular flexibility index (Phi) is 7.16. The smallest absolute Gasteiger partial charge is 0.225 e. The Hall–Kier alpha value is -2.37. The van der Waals surface area contributed by atoms with Gasteiger partial charge in [0.15, 0.2) is 0 Å². The highest BCUT2D eigenvalue weighted by molar-refractivity contribution is 5.85. The van der Waals surface area contributed by atoms with E-state index in [-0.39, 0.29) is 30.9 Å². The third kappa shape index (κ3) is 4.85. The first-order valence-electron chi connectivity index (χ1n) is 10.0. The van der Waals surface area contributed by atoms with E-state index in [1.807, 2.05) is 41.4 Å². The quantitative estimate of drug-likeness (QED) is 0.571. The SMILES string of the molecule is Cl.Cl.O=C(C1CC1)N1CCC(Oc2ccc(-c3cnc4ccccc4c3)nc2)CC1. The first kappa shape index (κ1) is 22.3. The molecule has 30 heavy (non-hydrogen) atoms. The van der Waals surface area contributed by atoms with E-state index in [4.69, 9.17) is 4.74 Å². The van der Waals surface area contributed by atoms with Crippen molar-refractivity contribution in [2.24, 2.45) is 5.92 Å². The van der Waals surface area contributed by atoms with E-state index in [2.05, 4.69) is 22.1 Å². The van der Waals surface area contributed by atoms with E-state index in [1.165, 1.54) is 0 Å². The van der Waals surface area contributed by atoms with Gasteiger partial charge >= 0.3 is 0 Å². The molecule has 0 atom stereocenters. The first-order valence-corrected chi connectivity index (χ1v) is 10.0. The van der Waals surface area contributed by atoms with Crippen molar-refractivity contribution in [1.29, 1.82) is 0 Å². The summed E-state index contributed by atoms with van der Waals surface area (Å²) in [6, 6.07) is 14.1. The molecule has 0 bridgehead atoms. The number of carbonyl (C=O) groups excluding carboxylic acids is 1. The zero-order valence-electron chi connectivity index (χ0n) is 16.6. The van der Waals surface area contributed by atoms with Crippen LogP contribution in [0.2, 0.25) is 0 Å². The van der Waals surface area contributed by atoms with Gasteiger partial charge in [-0.3, -0.25) is 14.8 Å². The fraction of sp³-hybridized carbons (Fsp3) is 0.348. The number of hydrogen-bond donors (Lipinski definition) is 0. The molecular formula is C23H25Cl2N3O2. The molecule has 1 aliphatic carbocycles. The third-order valence-corrected chi connectivity index (χ3v) is 5.61. The number of likely N-dealkylation sites (tertiary alicyclic amines) is 1. The van der Waals surface area contributed by atoms with Crippen LogP contribution in [0.1, 0.15) is 25.7 Å². The summed E-state index contributed by atoms with van der Waals surface area (Å²) in [6.45, 7) is 1.60. The monoisotopic (exact) mass is 445 g/mol. The van der Waals surface area contributed by atoms with Crippen LogP contribution in [0.3, 0.4) is 0 Å². The van der Waals surface area contributed by atoms with Crippen molar-refractivity contribution in [2.45, 2.75) is 31.8 Å². The molecule has 0 spiro atoms. The minimum absolute atomic E-state index is 0. The molecule has 158 valence electrons. The number of para-hydroxylation sites is 1. The van der Waals surface area contributed by atoms with Crippen molar-refractivity contribution in [3.8, 4) is 17.0 Å². The van der Waals surface area contributed by atoms with Gasteiger partial charge in [-0.1, -0.05) is 18.2 Å². The van der Waals surface area contributed by atoms with Gasteiger partial charge in [0.2, 0.25) is 5.91 Å². The molecule has 1 aromatic carbocycles. The van der Waals surface area contributed by atoms with Crippen LogP contribution in [0.15, 0.2) is 54.9 Å². The average molecular weight is 446 g/mol. The van der Waals surface area contributed by atoms with Gasteiger partial charge in [-0.25, -0.2) is 0 Å². The zero-order valence-corrected chi connectivity index (χ0v) is 18.2. The van der Waals surface area contributed by atoms with E-state index in [0.29, 0.717) is 11.8 Å². The summed E-state index contributed by atoms with van der Waals surface area (Å²) < 4.78 is 6.10. The maximum absolute atomic E-state index is 12.1. The van der Waals surface area contributed by atoms with Crippen LogP contribution in [0, 0.1) is 5.92 Å². The molecule has 2 aromatic heterocycles. The van der Waals surface area contributed by atoms with E-state index in [0.717, 1.165) is 66.7 Å². The van der Waals surface area contributed by atoms with Gasteiger partial charge in [-0.2, -0.15) is 0 Å². The molecule has 3 heterocycles. The van der Waals surface area contributed by atoms with Crippen LogP contribution in [0.5, 0.6) is 5.75 Å². The summed E-state index contributed by atoms with van der Waals surface area (Å²) in [5.74, 6) is 1.43. The molecule has 1 amide bonds. The number of amides is 1. The number of nitrogens with zero attached hydrogens (tertiary/aromatic N) is 3. The summed E-state index contributed by atoms with van der Waals surface area (Å²) in [6.07, 6.45) is 7.70. The maximum atomic E-state index is 12.1. The molecule has 5 nitrogen and oxygen atoms in total. The van der Waals surface area contributed by atoms with Crippen LogP contribution in [0.25, 0.3) is 22.2 Å². The van der Waals surface area contributed by atoms with Crippen molar-refractivity contribution < 1.29 is 9.53 Å². The molecule has 0 N–H and O–H groups in total. The number of carbonyl (C=O) groups is 1. The molecule has 0 radical (unpaired) electrons. The number of pyridine rings is 2. The molecule has 1 saturated carbocycles. The van der Waals surface area contributed by atoms with E-state index in [9.17, 15) is 4.79 Å². The van der Waals surface area contributed by atoms with Crippen LogP contribution in [-0.4, -0.2) is 40.0 Å². The number of fused-ring (bicyclic) bond motifs is 1. The van der Waals surface area contributed by atoms with Crippen molar-refractivity contribution in [2.75, 3.05) is 13.1 Å². The normalized spacial score (nSPS) is 16.5. The van der Waals surface area contributed by atoms with Crippen molar-refractivity contribution in [3.05, 3.63) is 54.9 Å². The number of ether oxygens (including phenoxy) is 1. The number of benzene rings is 1. The van der Waals surface area contributed by atoms with Gasteiger partial charge in [0.05, 0.1) is 17.4 Å². The highest BCUT2D eigenvalue weighted by Gasteiger charge is 2.35. The number of aromatic nitrogens is 2.